The Kier molecular flexibility index (Phi) is 4.62. The number of hydrogen-bond donors (Lipinski definition) is 1. The third kappa shape index (κ3) is 3.54. The van der Waals surface area contributed by atoms with E-state index in [1.165, 1.54) is 43.2 Å². The molecule has 1 fully saturated rings. The van der Waals surface area contributed by atoms with Crippen LogP contribution in [0.3, 0.4) is 0 Å². The fourth-order valence-electron chi connectivity index (χ4n) is 3.65. The molecule has 1 aliphatic carbocycles. The largest absolute Gasteiger partial charge is 0.493 e. The van der Waals surface area contributed by atoms with E-state index >= 15 is 0 Å². The van der Waals surface area contributed by atoms with Crippen LogP contribution >= 0.6 is 0 Å². The summed E-state index contributed by atoms with van der Waals surface area (Å²) < 4.78 is 5.53. The van der Waals surface area contributed by atoms with Crippen LogP contribution in [0.15, 0.2) is 18.2 Å². The predicted octanol–water partition coefficient (Wildman–Crippen LogP) is 3.89. The lowest BCUT2D eigenvalue weighted by atomic mass is 9.84. The molecule has 0 saturated heterocycles. The highest BCUT2D eigenvalue weighted by molar-refractivity contribution is 5.39. The smallest absolute Gasteiger partial charge is 0.122 e. The fraction of sp³-hybridized carbons (Fsp3) is 0.667. The number of rotatable bonds is 5. The van der Waals surface area contributed by atoms with Crippen molar-refractivity contribution in [1.29, 1.82) is 0 Å². The Morgan fingerprint density at radius 3 is 2.90 bits per heavy atom. The van der Waals surface area contributed by atoms with Gasteiger partial charge in [-0.1, -0.05) is 44.2 Å². The maximum Gasteiger partial charge on any atom is 0.122 e. The molecule has 1 atom stereocenters. The summed E-state index contributed by atoms with van der Waals surface area (Å²) in [6, 6.07) is 6.50. The minimum Gasteiger partial charge on any atom is -0.493 e. The molecule has 20 heavy (non-hydrogen) atoms. The summed E-state index contributed by atoms with van der Waals surface area (Å²) in [5.74, 6) is 1.82. The zero-order valence-corrected chi connectivity index (χ0v) is 12.3. The van der Waals surface area contributed by atoms with E-state index in [-0.39, 0.29) is 6.10 Å². The van der Waals surface area contributed by atoms with E-state index in [0.29, 0.717) is 0 Å². The van der Waals surface area contributed by atoms with Crippen molar-refractivity contribution >= 4 is 0 Å². The first-order valence-electron chi connectivity index (χ1n) is 8.24. The van der Waals surface area contributed by atoms with E-state index in [0.717, 1.165) is 44.0 Å². The van der Waals surface area contributed by atoms with Crippen molar-refractivity contribution in [1.82, 2.24) is 0 Å². The van der Waals surface area contributed by atoms with Gasteiger partial charge in [-0.15, -0.1) is 0 Å². The molecule has 0 spiro atoms. The Morgan fingerprint density at radius 2 is 2.05 bits per heavy atom. The molecule has 1 aliphatic heterocycles. The van der Waals surface area contributed by atoms with Crippen molar-refractivity contribution in [3.63, 3.8) is 0 Å². The zero-order valence-electron chi connectivity index (χ0n) is 12.3. The molecular formula is C18H26O2. The maximum atomic E-state index is 10.2. The summed E-state index contributed by atoms with van der Waals surface area (Å²) >= 11 is 0. The summed E-state index contributed by atoms with van der Waals surface area (Å²) in [5.41, 5.74) is 2.68. The average Bonchev–Trinajstić information content (AvgIpc) is 2.93. The van der Waals surface area contributed by atoms with Crippen LogP contribution in [-0.4, -0.2) is 17.8 Å². The van der Waals surface area contributed by atoms with Gasteiger partial charge < -0.3 is 9.84 Å². The van der Waals surface area contributed by atoms with Crippen LogP contribution < -0.4 is 4.74 Å². The summed E-state index contributed by atoms with van der Waals surface area (Å²) in [6.45, 7) is 0.823. The first-order chi connectivity index (χ1) is 9.81. The Bertz CT molecular complexity index is 435. The molecule has 1 aromatic rings. The van der Waals surface area contributed by atoms with Crippen LogP contribution in [0.5, 0.6) is 5.75 Å². The zero-order chi connectivity index (χ0) is 13.8. The monoisotopic (exact) mass is 274 g/mol. The standard InChI is InChI=1S/C18H26O2/c19-17(13-14-4-2-1-3-5-14)8-6-15-7-9-18-16(12-15)10-11-20-18/h7,9,12,14,17,19H,1-6,8,10-11,13H2. The van der Waals surface area contributed by atoms with Crippen LogP contribution in [0.4, 0.5) is 0 Å². The Labute approximate surface area is 122 Å². The normalized spacial score (nSPS) is 20.4. The molecule has 1 saturated carbocycles. The van der Waals surface area contributed by atoms with E-state index in [2.05, 4.69) is 18.2 Å². The van der Waals surface area contributed by atoms with Gasteiger partial charge in [-0.2, -0.15) is 0 Å². The number of benzene rings is 1. The minimum absolute atomic E-state index is 0.123. The highest BCUT2D eigenvalue weighted by atomic mass is 16.5. The van der Waals surface area contributed by atoms with E-state index < -0.39 is 0 Å². The van der Waals surface area contributed by atoms with E-state index in [1.807, 2.05) is 0 Å². The van der Waals surface area contributed by atoms with E-state index in [1.54, 1.807) is 0 Å². The molecule has 3 rings (SSSR count). The van der Waals surface area contributed by atoms with Gasteiger partial charge in [0.2, 0.25) is 0 Å². The molecule has 1 N–H and O–H groups in total. The Morgan fingerprint density at radius 1 is 1.20 bits per heavy atom. The Balaban J connectivity index is 1.46. The van der Waals surface area contributed by atoms with Gasteiger partial charge in [-0.25, -0.2) is 0 Å². The van der Waals surface area contributed by atoms with Crippen LogP contribution in [-0.2, 0) is 12.8 Å². The number of fused-ring (bicyclic) bond motifs is 1. The highest BCUT2D eigenvalue weighted by Gasteiger charge is 2.18. The Hall–Kier alpha value is -1.02. The third-order valence-electron chi connectivity index (χ3n) is 4.85. The summed E-state index contributed by atoms with van der Waals surface area (Å²) in [4.78, 5) is 0. The molecule has 0 aromatic heterocycles. The summed E-state index contributed by atoms with van der Waals surface area (Å²) in [6.07, 6.45) is 10.6. The molecule has 0 amide bonds. The van der Waals surface area contributed by atoms with Crippen molar-refractivity contribution in [2.24, 2.45) is 5.92 Å². The fourth-order valence-corrected chi connectivity index (χ4v) is 3.65. The van der Waals surface area contributed by atoms with Crippen molar-refractivity contribution in [3.8, 4) is 5.75 Å². The quantitative estimate of drug-likeness (QED) is 0.882. The SMILES string of the molecule is OC(CCc1ccc2c(c1)CCO2)CC1CCCCC1. The van der Waals surface area contributed by atoms with Gasteiger partial charge in [0.05, 0.1) is 12.7 Å². The van der Waals surface area contributed by atoms with Crippen LogP contribution in [0.25, 0.3) is 0 Å². The predicted molar refractivity (Wildman–Crippen MR) is 81.2 cm³/mol. The number of ether oxygens (including phenoxy) is 1. The van der Waals surface area contributed by atoms with Crippen LogP contribution in [0.2, 0.25) is 0 Å². The third-order valence-corrected chi connectivity index (χ3v) is 4.85. The molecule has 0 radical (unpaired) electrons. The lowest BCUT2D eigenvalue weighted by molar-refractivity contribution is 0.122. The molecule has 0 bridgehead atoms. The molecule has 1 heterocycles. The van der Waals surface area contributed by atoms with Gasteiger partial charge in [-0.05, 0) is 42.4 Å². The number of aliphatic hydroxyl groups excluding tert-OH is 1. The lowest BCUT2D eigenvalue weighted by Crippen LogP contribution is -2.16. The van der Waals surface area contributed by atoms with E-state index in [9.17, 15) is 5.11 Å². The summed E-state index contributed by atoms with van der Waals surface area (Å²) in [7, 11) is 0. The number of aliphatic hydroxyl groups is 1. The second kappa shape index (κ2) is 6.62. The van der Waals surface area contributed by atoms with Gasteiger partial charge >= 0.3 is 0 Å². The van der Waals surface area contributed by atoms with Crippen molar-refractivity contribution in [2.45, 2.75) is 63.9 Å². The molecule has 1 aromatic carbocycles. The van der Waals surface area contributed by atoms with Crippen LogP contribution in [0.1, 0.15) is 56.1 Å². The number of hydrogen-bond acceptors (Lipinski definition) is 2. The van der Waals surface area contributed by atoms with E-state index in [4.69, 9.17) is 4.74 Å². The minimum atomic E-state index is -0.123. The second-order valence-electron chi connectivity index (χ2n) is 6.47. The first-order valence-corrected chi connectivity index (χ1v) is 8.24. The lowest BCUT2D eigenvalue weighted by Gasteiger charge is -2.24. The molecule has 2 heteroatoms. The summed E-state index contributed by atoms with van der Waals surface area (Å²) in [5, 5.41) is 10.2. The second-order valence-corrected chi connectivity index (χ2v) is 6.47. The van der Waals surface area contributed by atoms with Crippen molar-refractivity contribution in [3.05, 3.63) is 29.3 Å². The molecule has 2 aliphatic rings. The van der Waals surface area contributed by atoms with Crippen molar-refractivity contribution < 1.29 is 9.84 Å². The topological polar surface area (TPSA) is 29.5 Å². The molecule has 1 unspecified atom stereocenters. The maximum absolute atomic E-state index is 10.2. The van der Waals surface area contributed by atoms with Gasteiger partial charge in [0.25, 0.3) is 0 Å². The van der Waals surface area contributed by atoms with Crippen molar-refractivity contribution in [2.75, 3.05) is 6.61 Å². The highest BCUT2D eigenvalue weighted by Crippen LogP contribution is 2.29. The van der Waals surface area contributed by atoms with Gasteiger partial charge in [0.1, 0.15) is 5.75 Å². The van der Waals surface area contributed by atoms with Gasteiger partial charge in [0, 0.05) is 6.42 Å². The van der Waals surface area contributed by atoms with Crippen LogP contribution in [0, 0.1) is 5.92 Å². The van der Waals surface area contributed by atoms with Gasteiger partial charge in [-0.3, -0.25) is 0 Å². The van der Waals surface area contributed by atoms with Gasteiger partial charge in [0.15, 0.2) is 0 Å². The number of aryl methyl sites for hydroxylation is 1. The molecule has 110 valence electrons. The molecule has 2 nitrogen and oxygen atoms in total. The average molecular weight is 274 g/mol. The molecular weight excluding hydrogens is 248 g/mol. The first kappa shape index (κ1) is 13.9.